The maximum atomic E-state index is 13.2. The number of alkyl halides is 6. The quantitative estimate of drug-likeness (QED) is 0.211. The molecular weight excluding hydrogens is 598 g/mol. The first kappa shape index (κ1) is 29.7. The summed E-state index contributed by atoms with van der Waals surface area (Å²) in [7, 11) is -9.16. The smallest absolute Gasteiger partial charge is 0.406 e. The van der Waals surface area contributed by atoms with Crippen molar-refractivity contribution in [1.29, 1.82) is 0 Å². The molecular formula is C26H18F6N2O5S2. The van der Waals surface area contributed by atoms with E-state index in [-0.39, 0.29) is 11.4 Å². The molecule has 0 radical (unpaired) electrons. The molecule has 0 amide bonds. The summed E-state index contributed by atoms with van der Waals surface area (Å²) in [4.78, 5) is -1.21. The van der Waals surface area contributed by atoms with E-state index < -0.39 is 53.7 Å². The summed E-state index contributed by atoms with van der Waals surface area (Å²) in [6.45, 7) is 0. The third-order valence-electron chi connectivity index (χ3n) is 5.45. The first-order chi connectivity index (χ1) is 19.0. The van der Waals surface area contributed by atoms with Gasteiger partial charge in [0.05, 0.1) is 26.7 Å². The average molecular weight is 617 g/mol. The normalized spacial score (nSPS) is 12.5. The fourth-order valence-corrected chi connectivity index (χ4v) is 5.79. The van der Waals surface area contributed by atoms with Crippen LogP contribution in [0, 0.1) is 0 Å². The minimum absolute atomic E-state index is 0.309. The lowest BCUT2D eigenvalue weighted by Crippen LogP contribution is -2.19. The van der Waals surface area contributed by atoms with E-state index in [0.717, 1.165) is 36.4 Å². The maximum Gasteiger partial charge on any atom is 0.573 e. The lowest BCUT2D eigenvalue weighted by molar-refractivity contribution is -0.274. The summed E-state index contributed by atoms with van der Waals surface area (Å²) in [5.74, 6) is -0.668. The van der Waals surface area contributed by atoms with Crippen LogP contribution in [0.1, 0.15) is 5.56 Å². The molecule has 0 saturated heterocycles. The second-order valence-electron chi connectivity index (χ2n) is 8.38. The van der Waals surface area contributed by atoms with Crippen molar-refractivity contribution in [2.75, 3.05) is 9.44 Å². The Balaban J connectivity index is 1.72. The van der Waals surface area contributed by atoms with Gasteiger partial charge in [0.2, 0.25) is 0 Å². The van der Waals surface area contributed by atoms with Gasteiger partial charge in [0.15, 0.2) is 0 Å². The Morgan fingerprint density at radius 3 is 1.78 bits per heavy atom. The maximum absolute atomic E-state index is 13.2. The standard InChI is InChI=1S/C26H18F6N2O5S2/c27-25(28,29)19-7-4-8-22(16-19)41(37,38)34-24-15-18(17-5-2-1-3-6-17)9-14-23(24)33-40(35,36)21-12-10-20(11-13-21)39-26(30,31)32/h1-16,33-34H. The molecule has 0 spiro atoms. The van der Waals surface area contributed by atoms with Gasteiger partial charge in [-0.05, 0) is 65.7 Å². The number of anilines is 2. The summed E-state index contributed by atoms with van der Waals surface area (Å²) < 4.78 is 137. The fourth-order valence-electron chi connectivity index (χ4n) is 3.60. The third-order valence-corrected chi connectivity index (χ3v) is 8.20. The minimum Gasteiger partial charge on any atom is -0.406 e. The summed E-state index contributed by atoms with van der Waals surface area (Å²) in [6, 6.07) is 18.7. The van der Waals surface area contributed by atoms with Gasteiger partial charge < -0.3 is 4.74 Å². The molecule has 0 fully saturated rings. The van der Waals surface area contributed by atoms with Gasteiger partial charge >= 0.3 is 12.5 Å². The van der Waals surface area contributed by atoms with Crippen molar-refractivity contribution in [3.05, 3.63) is 103 Å². The molecule has 0 atom stereocenters. The fraction of sp³-hybridized carbons (Fsp3) is 0.0769. The van der Waals surface area contributed by atoms with E-state index in [1.807, 2.05) is 0 Å². The minimum atomic E-state index is -5.00. The van der Waals surface area contributed by atoms with Crippen molar-refractivity contribution in [2.45, 2.75) is 22.3 Å². The van der Waals surface area contributed by atoms with Gasteiger partial charge in [-0.25, -0.2) is 16.8 Å². The number of nitrogens with one attached hydrogen (secondary N) is 2. The molecule has 2 N–H and O–H groups in total. The van der Waals surface area contributed by atoms with Gasteiger partial charge in [-0.3, -0.25) is 9.44 Å². The van der Waals surface area contributed by atoms with Crippen molar-refractivity contribution in [2.24, 2.45) is 0 Å². The molecule has 4 rings (SSSR count). The molecule has 0 bridgehead atoms. The van der Waals surface area contributed by atoms with Gasteiger partial charge in [-0.2, -0.15) is 13.2 Å². The van der Waals surface area contributed by atoms with Crippen LogP contribution in [-0.4, -0.2) is 23.2 Å². The van der Waals surface area contributed by atoms with Crippen molar-refractivity contribution < 1.29 is 47.9 Å². The number of sulfonamides is 2. The SMILES string of the molecule is O=S(=O)(Nc1ccc(-c2ccccc2)cc1NS(=O)(=O)c1cccc(C(F)(F)F)c1)c1ccc(OC(F)(F)F)cc1. The predicted octanol–water partition coefficient (Wildman–Crippen LogP) is 6.87. The highest BCUT2D eigenvalue weighted by Crippen LogP contribution is 2.34. The van der Waals surface area contributed by atoms with Crippen LogP contribution < -0.4 is 14.2 Å². The second kappa shape index (κ2) is 11.0. The summed E-state index contributed by atoms with van der Waals surface area (Å²) in [5.41, 5.74) is -0.803. The van der Waals surface area contributed by atoms with Crippen molar-refractivity contribution >= 4 is 31.4 Å². The third kappa shape index (κ3) is 7.49. The number of hydrogen-bond donors (Lipinski definition) is 2. The van der Waals surface area contributed by atoms with Crippen LogP contribution >= 0.6 is 0 Å². The highest BCUT2D eigenvalue weighted by atomic mass is 32.2. The molecule has 0 aromatic heterocycles. The van der Waals surface area contributed by atoms with Crippen LogP contribution in [0.25, 0.3) is 11.1 Å². The van der Waals surface area contributed by atoms with E-state index in [4.69, 9.17) is 0 Å². The zero-order valence-corrected chi connectivity index (χ0v) is 22.0. The predicted molar refractivity (Wildman–Crippen MR) is 138 cm³/mol. The number of hydrogen-bond acceptors (Lipinski definition) is 5. The topological polar surface area (TPSA) is 102 Å². The zero-order valence-electron chi connectivity index (χ0n) is 20.4. The lowest BCUT2D eigenvalue weighted by atomic mass is 10.0. The molecule has 4 aromatic carbocycles. The largest absolute Gasteiger partial charge is 0.573 e. The van der Waals surface area contributed by atoms with Crippen molar-refractivity contribution in [3.8, 4) is 16.9 Å². The zero-order chi connectivity index (χ0) is 30.1. The number of benzene rings is 4. The van der Waals surface area contributed by atoms with E-state index >= 15 is 0 Å². The molecule has 4 aromatic rings. The van der Waals surface area contributed by atoms with E-state index in [2.05, 4.69) is 14.2 Å². The molecule has 0 heterocycles. The monoisotopic (exact) mass is 616 g/mol. The highest BCUT2D eigenvalue weighted by molar-refractivity contribution is 7.93. The Labute approximate surface area is 230 Å². The lowest BCUT2D eigenvalue weighted by Gasteiger charge is -2.17. The number of ether oxygens (including phenoxy) is 1. The van der Waals surface area contributed by atoms with Crippen LogP contribution in [0.15, 0.2) is 107 Å². The Kier molecular flexibility index (Phi) is 7.96. The Morgan fingerprint density at radius 2 is 1.17 bits per heavy atom. The second-order valence-corrected chi connectivity index (χ2v) is 11.7. The average Bonchev–Trinajstić information content (AvgIpc) is 2.89. The van der Waals surface area contributed by atoms with Crippen LogP contribution in [0.2, 0.25) is 0 Å². The van der Waals surface area contributed by atoms with Crippen LogP contribution in [0.5, 0.6) is 5.75 Å². The molecule has 0 aliphatic carbocycles. The van der Waals surface area contributed by atoms with E-state index in [0.29, 0.717) is 23.3 Å². The van der Waals surface area contributed by atoms with E-state index in [1.165, 1.54) is 18.2 Å². The molecule has 7 nitrogen and oxygen atoms in total. The number of rotatable bonds is 8. The Bertz CT molecular complexity index is 1760. The molecule has 0 unspecified atom stereocenters. The van der Waals surface area contributed by atoms with Gasteiger partial charge in [-0.15, -0.1) is 13.2 Å². The summed E-state index contributed by atoms with van der Waals surface area (Å²) in [6.07, 6.45) is -9.81. The number of halogens is 6. The van der Waals surface area contributed by atoms with Gasteiger partial charge in [-0.1, -0.05) is 42.5 Å². The molecule has 0 saturated carbocycles. The van der Waals surface area contributed by atoms with Crippen LogP contribution in [0.4, 0.5) is 37.7 Å². The Hall–Kier alpha value is -4.24. The van der Waals surface area contributed by atoms with Gasteiger partial charge in [0.1, 0.15) is 5.75 Å². The van der Waals surface area contributed by atoms with Gasteiger partial charge in [0.25, 0.3) is 20.0 Å². The Morgan fingerprint density at radius 1 is 0.561 bits per heavy atom. The van der Waals surface area contributed by atoms with Crippen LogP contribution in [0.3, 0.4) is 0 Å². The van der Waals surface area contributed by atoms with Crippen molar-refractivity contribution in [1.82, 2.24) is 0 Å². The molecule has 41 heavy (non-hydrogen) atoms. The molecule has 216 valence electrons. The molecule has 0 aliphatic heterocycles. The summed E-state index contributed by atoms with van der Waals surface area (Å²) >= 11 is 0. The molecule has 0 aliphatic rings. The highest BCUT2D eigenvalue weighted by Gasteiger charge is 2.32. The molecule has 15 heteroatoms. The first-order valence-corrected chi connectivity index (χ1v) is 14.3. The summed E-state index contributed by atoms with van der Waals surface area (Å²) in [5, 5.41) is 0. The van der Waals surface area contributed by atoms with Gasteiger partial charge in [0, 0.05) is 0 Å². The van der Waals surface area contributed by atoms with E-state index in [9.17, 15) is 43.2 Å². The van der Waals surface area contributed by atoms with Crippen molar-refractivity contribution in [3.63, 3.8) is 0 Å². The first-order valence-electron chi connectivity index (χ1n) is 11.3. The van der Waals surface area contributed by atoms with E-state index in [1.54, 1.807) is 30.3 Å². The van der Waals surface area contributed by atoms with Crippen LogP contribution in [-0.2, 0) is 26.2 Å².